The third-order valence-corrected chi connectivity index (χ3v) is 4.19. The molecule has 2 aromatic rings. The lowest BCUT2D eigenvalue weighted by Gasteiger charge is -2.13. The van der Waals surface area contributed by atoms with Gasteiger partial charge in [-0.05, 0) is 44.9 Å². The summed E-state index contributed by atoms with van der Waals surface area (Å²) in [7, 11) is 0. The van der Waals surface area contributed by atoms with Gasteiger partial charge in [-0.2, -0.15) is 5.10 Å². The molecule has 0 aliphatic heterocycles. The van der Waals surface area contributed by atoms with Crippen molar-refractivity contribution in [2.75, 3.05) is 23.8 Å². The summed E-state index contributed by atoms with van der Waals surface area (Å²) in [5, 5.41) is 13.2. The molecule has 0 radical (unpaired) electrons. The highest BCUT2D eigenvalue weighted by Gasteiger charge is 2.17. The molecule has 1 aromatic carbocycles. The second kappa shape index (κ2) is 11.1. The molecule has 0 saturated heterocycles. The van der Waals surface area contributed by atoms with Gasteiger partial charge in [0.25, 0.3) is 11.8 Å². The molecule has 8 nitrogen and oxygen atoms in total. The summed E-state index contributed by atoms with van der Waals surface area (Å²) in [4.78, 5) is 24.6. The van der Waals surface area contributed by atoms with Crippen LogP contribution in [0.15, 0.2) is 43.5 Å². The molecule has 0 aliphatic rings. The van der Waals surface area contributed by atoms with E-state index in [9.17, 15) is 9.59 Å². The lowest BCUT2D eigenvalue weighted by atomic mass is 10.2. The number of carbonyl (C=O) groups is 2. The van der Waals surface area contributed by atoms with Crippen molar-refractivity contribution in [3.63, 3.8) is 0 Å². The van der Waals surface area contributed by atoms with Crippen LogP contribution in [0.5, 0.6) is 0 Å². The molecule has 8 heteroatoms. The molecule has 3 N–H and O–H groups in total. The average molecular weight is 400 g/mol. The SMILES string of the molecule is C=CCCO[C@@H](C)C(=O)Nc1n[nH]c2ccc(NC(=O)[C@@H](C)OCCC=C)cc12. The molecule has 29 heavy (non-hydrogen) atoms. The van der Waals surface area contributed by atoms with E-state index in [1.165, 1.54) is 0 Å². The van der Waals surface area contributed by atoms with Crippen LogP contribution in [0.4, 0.5) is 11.5 Å². The van der Waals surface area contributed by atoms with E-state index < -0.39 is 12.2 Å². The predicted octanol–water partition coefficient (Wildman–Crippen LogP) is 3.40. The van der Waals surface area contributed by atoms with Crippen molar-refractivity contribution >= 4 is 34.2 Å². The largest absolute Gasteiger partial charge is 0.368 e. The number of aromatic amines is 1. The molecule has 1 aromatic heterocycles. The summed E-state index contributed by atoms with van der Waals surface area (Å²) in [5.74, 6) is -0.191. The zero-order valence-electron chi connectivity index (χ0n) is 16.9. The predicted molar refractivity (Wildman–Crippen MR) is 114 cm³/mol. The fraction of sp³-hybridized carbons (Fsp3) is 0.381. The first-order valence-electron chi connectivity index (χ1n) is 9.51. The molecule has 0 saturated carbocycles. The zero-order chi connectivity index (χ0) is 21.2. The summed E-state index contributed by atoms with van der Waals surface area (Å²) >= 11 is 0. The van der Waals surface area contributed by atoms with Gasteiger partial charge in [-0.3, -0.25) is 14.7 Å². The molecule has 2 rings (SSSR count). The normalized spacial score (nSPS) is 12.9. The molecule has 0 spiro atoms. The number of hydrogen-bond acceptors (Lipinski definition) is 5. The summed E-state index contributed by atoms with van der Waals surface area (Å²) in [6.45, 7) is 11.5. The van der Waals surface area contributed by atoms with Crippen molar-refractivity contribution in [3.05, 3.63) is 43.5 Å². The van der Waals surface area contributed by atoms with Gasteiger partial charge < -0.3 is 20.1 Å². The fourth-order valence-corrected chi connectivity index (χ4v) is 2.46. The van der Waals surface area contributed by atoms with E-state index in [1.54, 1.807) is 44.2 Å². The first-order valence-corrected chi connectivity index (χ1v) is 9.51. The third kappa shape index (κ3) is 6.55. The molecule has 0 fully saturated rings. The van der Waals surface area contributed by atoms with Gasteiger partial charge in [-0.25, -0.2) is 0 Å². The monoisotopic (exact) mass is 400 g/mol. The Kier molecular flexibility index (Phi) is 8.57. The van der Waals surface area contributed by atoms with E-state index in [-0.39, 0.29) is 11.8 Å². The van der Waals surface area contributed by atoms with Crippen molar-refractivity contribution in [1.82, 2.24) is 10.2 Å². The van der Waals surface area contributed by atoms with Crippen LogP contribution < -0.4 is 10.6 Å². The van der Waals surface area contributed by atoms with Gasteiger partial charge in [-0.1, -0.05) is 12.2 Å². The second-order valence-corrected chi connectivity index (χ2v) is 6.49. The molecule has 2 atom stereocenters. The third-order valence-electron chi connectivity index (χ3n) is 4.19. The quantitative estimate of drug-likeness (QED) is 0.374. The summed E-state index contributed by atoms with van der Waals surface area (Å²) in [6.07, 6.45) is 3.59. The van der Waals surface area contributed by atoms with E-state index in [0.717, 1.165) is 5.52 Å². The summed E-state index contributed by atoms with van der Waals surface area (Å²) in [6, 6.07) is 5.27. The smallest absolute Gasteiger partial charge is 0.254 e. The Labute approximate surface area is 170 Å². The van der Waals surface area contributed by atoms with Gasteiger partial charge in [0.1, 0.15) is 12.2 Å². The zero-order valence-corrected chi connectivity index (χ0v) is 16.9. The van der Waals surface area contributed by atoms with Crippen LogP contribution in [0.25, 0.3) is 10.9 Å². The Morgan fingerprint density at radius 1 is 1.07 bits per heavy atom. The van der Waals surface area contributed by atoms with E-state index in [2.05, 4.69) is 34.0 Å². The molecule has 1 heterocycles. The minimum absolute atomic E-state index is 0.258. The van der Waals surface area contributed by atoms with Gasteiger partial charge in [0, 0.05) is 11.1 Å². The van der Waals surface area contributed by atoms with Crippen molar-refractivity contribution in [2.45, 2.75) is 38.9 Å². The first-order chi connectivity index (χ1) is 14.0. The second-order valence-electron chi connectivity index (χ2n) is 6.49. The van der Waals surface area contributed by atoms with Crippen molar-refractivity contribution in [3.8, 4) is 0 Å². The summed E-state index contributed by atoms with van der Waals surface area (Å²) < 4.78 is 10.9. The van der Waals surface area contributed by atoms with Crippen LogP contribution in [-0.2, 0) is 19.1 Å². The first kappa shape index (κ1) is 22.3. The van der Waals surface area contributed by atoms with Crippen LogP contribution in [-0.4, -0.2) is 47.4 Å². The Bertz CT molecular complexity index is 861. The van der Waals surface area contributed by atoms with E-state index in [1.807, 2.05) is 0 Å². The molecular weight excluding hydrogens is 372 g/mol. The Hall–Kier alpha value is -2.97. The van der Waals surface area contributed by atoms with E-state index in [4.69, 9.17) is 9.47 Å². The number of nitrogens with zero attached hydrogens (tertiary/aromatic N) is 1. The molecule has 0 unspecified atom stereocenters. The van der Waals surface area contributed by atoms with E-state index in [0.29, 0.717) is 42.9 Å². The van der Waals surface area contributed by atoms with Gasteiger partial charge in [0.05, 0.1) is 18.7 Å². The van der Waals surface area contributed by atoms with Crippen molar-refractivity contribution < 1.29 is 19.1 Å². The minimum Gasteiger partial charge on any atom is -0.368 e. The molecule has 0 aliphatic carbocycles. The fourth-order valence-electron chi connectivity index (χ4n) is 2.46. The lowest BCUT2D eigenvalue weighted by Crippen LogP contribution is -2.28. The number of nitrogens with one attached hydrogen (secondary N) is 3. The number of benzene rings is 1. The number of fused-ring (bicyclic) bond motifs is 1. The Balaban J connectivity index is 2.03. The maximum absolute atomic E-state index is 12.3. The summed E-state index contributed by atoms with van der Waals surface area (Å²) in [5.41, 5.74) is 1.31. The van der Waals surface area contributed by atoms with Crippen LogP contribution in [0.1, 0.15) is 26.7 Å². The number of rotatable bonds is 12. The van der Waals surface area contributed by atoms with Crippen LogP contribution >= 0.6 is 0 Å². The topological polar surface area (TPSA) is 105 Å². The number of aromatic nitrogens is 2. The number of ether oxygens (including phenoxy) is 2. The van der Waals surface area contributed by atoms with E-state index >= 15 is 0 Å². The molecule has 2 amide bonds. The maximum Gasteiger partial charge on any atom is 0.254 e. The van der Waals surface area contributed by atoms with Crippen LogP contribution in [0.2, 0.25) is 0 Å². The molecule has 0 bridgehead atoms. The van der Waals surface area contributed by atoms with Crippen molar-refractivity contribution in [1.29, 1.82) is 0 Å². The lowest BCUT2D eigenvalue weighted by molar-refractivity contribution is -0.126. The Morgan fingerprint density at radius 3 is 2.24 bits per heavy atom. The van der Waals surface area contributed by atoms with Gasteiger partial charge in [0.15, 0.2) is 5.82 Å². The highest BCUT2D eigenvalue weighted by atomic mass is 16.5. The standard InChI is InChI=1S/C21H28N4O4/c1-5-7-11-28-14(3)20(26)22-16-9-10-18-17(13-16)19(25-24-18)23-21(27)15(4)29-12-8-6-2/h5-6,9-10,13-15H,1-2,7-8,11-12H2,3-4H3,(H,22,26)(H2,23,24,25,27)/t14-,15+/m1/s1. The van der Waals surface area contributed by atoms with Crippen molar-refractivity contribution in [2.24, 2.45) is 0 Å². The number of H-pyrrole nitrogens is 1. The maximum atomic E-state index is 12.3. The van der Waals surface area contributed by atoms with Crippen LogP contribution in [0.3, 0.4) is 0 Å². The number of amides is 2. The highest BCUT2D eigenvalue weighted by Crippen LogP contribution is 2.24. The average Bonchev–Trinajstić information content (AvgIpc) is 3.10. The molecular formula is C21H28N4O4. The van der Waals surface area contributed by atoms with Crippen LogP contribution in [0, 0.1) is 0 Å². The minimum atomic E-state index is -0.627. The van der Waals surface area contributed by atoms with Gasteiger partial charge in [0.2, 0.25) is 0 Å². The van der Waals surface area contributed by atoms with Gasteiger partial charge >= 0.3 is 0 Å². The highest BCUT2D eigenvalue weighted by molar-refractivity contribution is 6.03. The number of hydrogen-bond donors (Lipinski definition) is 3. The Morgan fingerprint density at radius 2 is 1.66 bits per heavy atom. The number of anilines is 2. The molecule has 156 valence electrons. The van der Waals surface area contributed by atoms with Gasteiger partial charge in [-0.15, -0.1) is 13.2 Å². The number of carbonyl (C=O) groups excluding carboxylic acids is 2.